The molecule has 1 aliphatic rings. The van der Waals surface area contributed by atoms with Gasteiger partial charge in [0.15, 0.2) is 5.78 Å². The first-order chi connectivity index (χ1) is 14.5. The summed E-state index contributed by atoms with van der Waals surface area (Å²) >= 11 is 0. The molecule has 0 fully saturated rings. The monoisotopic (exact) mass is 408 g/mol. The van der Waals surface area contributed by atoms with Crippen LogP contribution in [0.3, 0.4) is 0 Å². The van der Waals surface area contributed by atoms with E-state index in [4.69, 9.17) is 5.11 Å². The number of hydrogen-bond acceptors (Lipinski definition) is 4. The molecule has 0 saturated carbocycles. The Morgan fingerprint density at radius 2 is 1.63 bits per heavy atom. The molecule has 6 heteroatoms. The number of amides is 1. The maximum Gasteiger partial charge on any atom is 0.305 e. The Morgan fingerprint density at radius 3 is 2.37 bits per heavy atom. The van der Waals surface area contributed by atoms with Crippen molar-refractivity contribution in [3.8, 4) is 0 Å². The molecule has 2 N–H and O–H groups in total. The zero-order chi connectivity index (χ0) is 21.3. The zero-order valence-electron chi connectivity index (χ0n) is 17.1. The Kier molecular flexibility index (Phi) is 7.74. The van der Waals surface area contributed by atoms with Gasteiger partial charge in [0.25, 0.3) is 0 Å². The van der Waals surface area contributed by atoms with Crippen LogP contribution in [0.15, 0.2) is 48.5 Å². The van der Waals surface area contributed by atoms with Crippen molar-refractivity contribution in [3.63, 3.8) is 0 Å². The topological polar surface area (TPSA) is 86.7 Å². The number of carboxylic acid groups (broad SMARTS) is 1. The molecule has 2 aromatic rings. The summed E-state index contributed by atoms with van der Waals surface area (Å²) in [6, 6.07) is 15.3. The van der Waals surface area contributed by atoms with Crippen LogP contribution in [-0.4, -0.2) is 47.3 Å². The molecule has 0 radical (unpaired) electrons. The second-order valence-corrected chi connectivity index (χ2v) is 7.60. The number of carbonyl (C=O) groups excluding carboxylic acids is 2. The van der Waals surface area contributed by atoms with Gasteiger partial charge in [0.1, 0.15) is 0 Å². The normalized spacial score (nSPS) is 13.2. The molecule has 0 aromatic heterocycles. The van der Waals surface area contributed by atoms with E-state index in [9.17, 15) is 14.4 Å². The van der Waals surface area contributed by atoms with Crippen LogP contribution in [0.25, 0.3) is 0 Å². The standard InChI is InChI=1S/C24H28N2O4/c27-22(21-7-6-19-10-13-25-14-11-20(19)16-21)8-9-23(28)26(15-12-24(29)30)17-18-4-2-1-3-5-18/h1-7,16,25H,8-15,17H2,(H,29,30). The summed E-state index contributed by atoms with van der Waals surface area (Å²) in [5, 5.41) is 12.4. The lowest BCUT2D eigenvalue weighted by molar-refractivity contribution is -0.138. The summed E-state index contributed by atoms with van der Waals surface area (Å²) in [4.78, 5) is 37.9. The molecule has 1 heterocycles. The first-order valence-corrected chi connectivity index (χ1v) is 10.4. The van der Waals surface area contributed by atoms with Gasteiger partial charge in [0.05, 0.1) is 6.42 Å². The number of fused-ring (bicyclic) bond motifs is 1. The largest absolute Gasteiger partial charge is 0.481 e. The molecule has 1 aliphatic heterocycles. The minimum Gasteiger partial charge on any atom is -0.481 e. The van der Waals surface area contributed by atoms with Crippen molar-refractivity contribution >= 4 is 17.7 Å². The molecule has 2 aromatic carbocycles. The molecule has 6 nitrogen and oxygen atoms in total. The molecule has 0 atom stereocenters. The van der Waals surface area contributed by atoms with Crippen molar-refractivity contribution in [1.29, 1.82) is 0 Å². The number of ketones is 1. The van der Waals surface area contributed by atoms with E-state index in [1.165, 1.54) is 16.0 Å². The highest BCUT2D eigenvalue weighted by atomic mass is 16.4. The fourth-order valence-corrected chi connectivity index (χ4v) is 3.70. The van der Waals surface area contributed by atoms with Crippen LogP contribution < -0.4 is 5.32 Å². The van der Waals surface area contributed by atoms with E-state index in [1.807, 2.05) is 48.5 Å². The van der Waals surface area contributed by atoms with E-state index in [0.29, 0.717) is 12.1 Å². The summed E-state index contributed by atoms with van der Waals surface area (Å²) < 4.78 is 0. The lowest BCUT2D eigenvalue weighted by Crippen LogP contribution is -2.32. The van der Waals surface area contributed by atoms with Gasteiger partial charge in [-0.3, -0.25) is 14.4 Å². The highest BCUT2D eigenvalue weighted by molar-refractivity contribution is 5.98. The van der Waals surface area contributed by atoms with Crippen LogP contribution in [0, 0.1) is 0 Å². The number of benzene rings is 2. The van der Waals surface area contributed by atoms with Gasteiger partial charge >= 0.3 is 5.97 Å². The molecular formula is C24H28N2O4. The summed E-state index contributed by atoms with van der Waals surface area (Å²) in [5.41, 5.74) is 4.05. The van der Waals surface area contributed by atoms with E-state index in [1.54, 1.807) is 0 Å². The van der Waals surface area contributed by atoms with Crippen molar-refractivity contribution in [2.45, 2.75) is 38.6 Å². The minimum absolute atomic E-state index is 0.0544. The van der Waals surface area contributed by atoms with Gasteiger partial charge in [-0.1, -0.05) is 42.5 Å². The summed E-state index contributed by atoms with van der Waals surface area (Å²) in [6.07, 6.45) is 1.93. The lowest BCUT2D eigenvalue weighted by Gasteiger charge is -2.22. The second kappa shape index (κ2) is 10.7. The highest BCUT2D eigenvalue weighted by Crippen LogP contribution is 2.17. The first kappa shape index (κ1) is 21.7. The average Bonchev–Trinajstić information content (AvgIpc) is 3.00. The number of Topliss-reactive ketones (excluding diaryl/α,β-unsaturated/α-hetero) is 1. The number of aliphatic carboxylic acids is 1. The average molecular weight is 408 g/mol. The molecule has 0 unspecified atom stereocenters. The highest BCUT2D eigenvalue weighted by Gasteiger charge is 2.18. The van der Waals surface area contributed by atoms with Crippen molar-refractivity contribution in [1.82, 2.24) is 10.2 Å². The Hall–Kier alpha value is -2.99. The minimum atomic E-state index is -0.948. The van der Waals surface area contributed by atoms with Crippen molar-refractivity contribution in [2.75, 3.05) is 19.6 Å². The van der Waals surface area contributed by atoms with Crippen LogP contribution in [-0.2, 0) is 29.0 Å². The molecule has 3 rings (SSSR count). The van der Waals surface area contributed by atoms with Crippen molar-refractivity contribution in [2.24, 2.45) is 0 Å². The van der Waals surface area contributed by atoms with Gasteiger partial charge in [-0.15, -0.1) is 0 Å². The number of carbonyl (C=O) groups is 3. The van der Waals surface area contributed by atoms with E-state index in [0.717, 1.165) is 31.5 Å². The molecule has 158 valence electrons. The molecule has 0 spiro atoms. The number of nitrogens with one attached hydrogen (secondary N) is 1. The molecule has 0 bridgehead atoms. The fourth-order valence-electron chi connectivity index (χ4n) is 3.70. The predicted octanol–water partition coefficient (Wildman–Crippen LogP) is 2.84. The Labute approximate surface area is 176 Å². The summed E-state index contributed by atoms with van der Waals surface area (Å²) in [7, 11) is 0. The van der Waals surface area contributed by atoms with Gasteiger partial charge in [-0.05, 0) is 48.7 Å². The van der Waals surface area contributed by atoms with Gasteiger partial charge in [0.2, 0.25) is 5.91 Å². The number of carboxylic acids is 1. The van der Waals surface area contributed by atoms with Gasteiger partial charge in [-0.2, -0.15) is 0 Å². The fraction of sp³-hybridized carbons (Fsp3) is 0.375. The Balaban J connectivity index is 1.61. The van der Waals surface area contributed by atoms with E-state index < -0.39 is 5.97 Å². The number of nitrogens with zero attached hydrogens (tertiary/aromatic N) is 1. The van der Waals surface area contributed by atoms with Crippen LogP contribution in [0.4, 0.5) is 0 Å². The molecule has 30 heavy (non-hydrogen) atoms. The lowest BCUT2D eigenvalue weighted by atomic mass is 9.97. The quantitative estimate of drug-likeness (QED) is 0.623. The van der Waals surface area contributed by atoms with Crippen LogP contribution in [0.2, 0.25) is 0 Å². The van der Waals surface area contributed by atoms with E-state index >= 15 is 0 Å². The zero-order valence-corrected chi connectivity index (χ0v) is 17.1. The maximum absolute atomic E-state index is 12.7. The van der Waals surface area contributed by atoms with Crippen molar-refractivity contribution < 1.29 is 19.5 Å². The maximum atomic E-state index is 12.7. The SMILES string of the molecule is O=C(O)CCN(Cc1ccccc1)C(=O)CCC(=O)c1ccc2c(c1)CCNCC2. The van der Waals surface area contributed by atoms with Crippen LogP contribution in [0.1, 0.15) is 46.3 Å². The van der Waals surface area contributed by atoms with E-state index in [-0.39, 0.29) is 37.5 Å². The van der Waals surface area contributed by atoms with Crippen molar-refractivity contribution in [3.05, 3.63) is 70.8 Å². The number of hydrogen-bond donors (Lipinski definition) is 2. The Bertz CT molecular complexity index is 895. The van der Waals surface area contributed by atoms with Gasteiger partial charge in [-0.25, -0.2) is 0 Å². The summed E-state index contributed by atoms with van der Waals surface area (Å²) in [6.45, 7) is 2.32. The van der Waals surface area contributed by atoms with Crippen LogP contribution in [0.5, 0.6) is 0 Å². The first-order valence-electron chi connectivity index (χ1n) is 10.4. The smallest absolute Gasteiger partial charge is 0.305 e. The third-order valence-corrected chi connectivity index (χ3v) is 5.40. The van der Waals surface area contributed by atoms with E-state index in [2.05, 4.69) is 5.32 Å². The number of rotatable bonds is 9. The van der Waals surface area contributed by atoms with Crippen LogP contribution >= 0.6 is 0 Å². The second-order valence-electron chi connectivity index (χ2n) is 7.60. The third-order valence-electron chi connectivity index (χ3n) is 5.40. The third kappa shape index (κ3) is 6.26. The molecule has 0 aliphatic carbocycles. The molecule has 1 amide bonds. The van der Waals surface area contributed by atoms with Gasteiger partial charge < -0.3 is 15.3 Å². The Morgan fingerprint density at radius 1 is 0.900 bits per heavy atom. The molecule has 0 saturated heterocycles. The van der Waals surface area contributed by atoms with Gasteiger partial charge in [0, 0.05) is 31.5 Å². The molecular weight excluding hydrogens is 380 g/mol. The summed E-state index contributed by atoms with van der Waals surface area (Å²) in [5.74, 6) is -1.20. The predicted molar refractivity (Wildman–Crippen MR) is 114 cm³/mol.